The highest BCUT2D eigenvalue weighted by molar-refractivity contribution is 6.36. The van der Waals surface area contributed by atoms with Gasteiger partial charge >= 0.3 is 0 Å². The number of nitrogens with zero attached hydrogens (tertiary/aromatic N) is 1. The Bertz CT molecular complexity index is 369. The summed E-state index contributed by atoms with van der Waals surface area (Å²) in [5.41, 5.74) is 0. The molecule has 1 aromatic rings. The fraction of sp³-hybridized carbons (Fsp3) is 0.444. The van der Waals surface area contributed by atoms with Crippen molar-refractivity contribution >= 4 is 29.0 Å². The van der Waals surface area contributed by atoms with Crippen LogP contribution in [0.1, 0.15) is 0 Å². The summed E-state index contributed by atoms with van der Waals surface area (Å²) in [6.07, 6.45) is 0.0425. The zero-order chi connectivity index (χ0) is 10.8. The number of halogens is 2. The number of hydrogen-bond acceptors (Lipinski definition) is 4. The molecule has 1 N–H and O–H groups in total. The number of ether oxygens (including phenoxy) is 2. The first-order chi connectivity index (χ1) is 7.20. The molecular weight excluding hydrogens is 239 g/mol. The van der Waals surface area contributed by atoms with E-state index in [1.165, 1.54) is 0 Å². The topological polar surface area (TPSA) is 43.4 Å². The molecule has 82 valence electrons. The van der Waals surface area contributed by atoms with Crippen LogP contribution in [0.3, 0.4) is 0 Å². The normalized spacial score (nSPS) is 15.9. The molecule has 2 heterocycles. The van der Waals surface area contributed by atoms with Gasteiger partial charge in [-0.15, -0.1) is 0 Å². The molecule has 0 spiro atoms. The number of anilines is 1. The molecule has 0 radical (unpaired) electrons. The van der Waals surface area contributed by atoms with E-state index in [9.17, 15) is 0 Å². The van der Waals surface area contributed by atoms with Crippen molar-refractivity contribution in [3.8, 4) is 5.88 Å². The minimum absolute atomic E-state index is 0.0425. The van der Waals surface area contributed by atoms with Crippen LogP contribution in [0.15, 0.2) is 6.07 Å². The molecule has 1 saturated heterocycles. The van der Waals surface area contributed by atoms with Crippen molar-refractivity contribution in [2.24, 2.45) is 0 Å². The molecule has 1 aliphatic rings. The third-order valence-electron chi connectivity index (χ3n) is 2.02. The number of nitrogens with one attached hydrogen (secondary N) is 1. The third kappa shape index (κ3) is 2.27. The molecule has 0 aromatic carbocycles. The van der Waals surface area contributed by atoms with Crippen LogP contribution >= 0.6 is 23.2 Å². The Balaban J connectivity index is 2.21. The summed E-state index contributed by atoms with van der Waals surface area (Å²) in [5, 5.41) is 3.74. The lowest BCUT2D eigenvalue weighted by atomic mass is 10.3. The monoisotopic (exact) mass is 248 g/mol. The third-order valence-corrected chi connectivity index (χ3v) is 2.58. The zero-order valence-corrected chi connectivity index (χ0v) is 9.60. The van der Waals surface area contributed by atoms with E-state index in [4.69, 9.17) is 32.7 Å². The minimum atomic E-state index is 0.0425. The molecular formula is C9H10Cl2N2O2. The smallest absolute Gasteiger partial charge is 0.235 e. The highest BCUT2D eigenvalue weighted by Crippen LogP contribution is 2.31. The van der Waals surface area contributed by atoms with Crippen molar-refractivity contribution in [3.63, 3.8) is 0 Å². The summed E-state index contributed by atoms with van der Waals surface area (Å²) in [7, 11) is 1.73. The predicted octanol–water partition coefficient (Wildman–Crippen LogP) is 2.21. The maximum Gasteiger partial charge on any atom is 0.235 e. The lowest BCUT2D eigenvalue weighted by molar-refractivity contribution is -0.0812. The number of hydrogen-bond donors (Lipinski definition) is 1. The molecule has 15 heavy (non-hydrogen) atoms. The Morgan fingerprint density at radius 1 is 1.47 bits per heavy atom. The lowest BCUT2D eigenvalue weighted by Crippen LogP contribution is -2.38. The maximum absolute atomic E-state index is 5.94. The van der Waals surface area contributed by atoms with Gasteiger partial charge in [-0.2, -0.15) is 4.98 Å². The summed E-state index contributed by atoms with van der Waals surface area (Å²) in [4.78, 5) is 4.16. The van der Waals surface area contributed by atoms with Crippen molar-refractivity contribution in [3.05, 3.63) is 16.1 Å². The molecule has 0 aliphatic carbocycles. The van der Waals surface area contributed by atoms with Crippen molar-refractivity contribution in [2.45, 2.75) is 6.10 Å². The van der Waals surface area contributed by atoms with Crippen LogP contribution in [0, 0.1) is 0 Å². The first kappa shape index (κ1) is 10.8. The summed E-state index contributed by atoms with van der Waals surface area (Å²) in [5.74, 6) is 0.940. The van der Waals surface area contributed by atoms with Crippen LogP contribution in [0.5, 0.6) is 5.88 Å². The summed E-state index contributed by atoms with van der Waals surface area (Å²) >= 11 is 11.8. The first-order valence-corrected chi connectivity index (χ1v) is 5.24. The fourth-order valence-electron chi connectivity index (χ4n) is 1.15. The average Bonchev–Trinajstić information content (AvgIpc) is 2.14. The number of rotatable bonds is 3. The van der Waals surface area contributed by atoms with Gasteiger partial charge in [0, 0.05) is 7.05 Å². The molecule has 1 aliphatic heterocycles. The first-order valence-electron chi connectivity index (χ1n) is 4.49. The Morgan fingerprint density at radius 3 is 2.73 bits per heavy atom. The molecule has 1 fully saturated rings. The van der Waals surface area contributed by atoms with Crippen LogP contribution in [0.4, 0.5) is 5.82 Å². The van der Waals surface area contributed by atoms with Crippen molar-refractivity contribution in [2.75, 3.05) is 25.6 Å². The van der Waals surface area contributed by atoms with Crippen molar-refractivity contribution in [1.29, 1.82) is 0 Å². The molecule has 2 rings (SSSR count). The largest absolute Gasteiger partial charge is 0.468 e. The molecule has 0 saturated carbocycles. The quantitative estimate of drug-likeness (QED) is 0.891. The van der Waals surface area contributed by atoms with Gasteiger partial charge in [0.05, 0.1) is 18.2 Å². The Labute approximate surface area is 97.5 Å². The number of aromatic nitrogens is 1. The SMILES string of the molecule is CNc1nc(OC2COC2)c(Cl)cc1Cl. The molecule has 4 nitrogen and oxygen atoms in total. The van der Waals surface area contributed by atoms with Gasteiger partial charge in [-0.25, -0.2) is 0 Å². The van der Waals surface area contributed by atoms with Crippen molar-refractivity contribution in [1.82, 2.24) is 4.98 Å². The second-order valence-corrected chi connectivity index (χ2v) is 3.95. The van der Waals surface area contributed by atoms with E-state index < -0.39 is 0 Å². The molecule has 0 amide bonds. The number of pyridine rings is 1. The maximum atomic E-state index is 5.94. The van der Waals surface area contributed by atoms with E-state index in [2.05, 4.69) is 10.3 Å². The standard InChI is InChI=1S/C9H10Cl2N2O2/c1-12-8-6(10)2-7(11)9(13-8)15-5-3-14-4-5/h2,5H,3-4H2,1H3,(H,12,13). The van der Waals surface area contributed by atoms with Gasteiger partial charge in [0.15, 0.2) is 0 Å². The van der Waals surface area contributed by atoms with E-state index in [1.807, 2.05) is 0 Å². The molecule has 0 bridgehead atoms. The van der Waals surface area contributed by atoms with E-state index in [0.717, 1.165) is 0 Å². The van der Waals surface area contributed by atoms with Crippen LogP contribution in [0.25, 0.3) is 0 Å². The lowest BCUT2D eigenvalue weighted by Gasteiger charge is -2.26. The van der Waals surface area contributed by atoms with Crippen LogP contribution < -0.4 is 10.1 Å². The Morgan fingerprint density at radius 2 is 2.20 bits per heavy atom. The molecule has 6 heteroatoms. The van der Waals surface area contributed by atoms with Gasteiger partial charge in [0.1, 0.15) is 16.9 Å². The van der Waals surface area contributed by atoms with E-state index in [1.54, 1.807) is 13.1 Å². The summed E-state index contributed by atoms with van der Waals surface area (Å²) < 4.78 is 10.5. The summed E-state index contributed by atoms with van der Waals surface area (Å²) in [6, 6.07) is 1.61. The van der Waals surface area contributed by atoms with Gasteiger partial charge in [0.25, 0.3) is 0 Å². The van der Waals surface area contributed by atoms with Gasteiger partial charge in [-0.05, 0) is 6.07 Å². The van der Waals surface area contributed by atoms with Gasteiger partial charge < -0.3 is 14.8 Å². The highest BCUT2D eigenvalue weighted by Gasteiger charge is 2.22. The Kier molecular flexibility index (Phi) is 3.19. The van der Waals surface area contributed by atoms with E-state index in [-0.39, 0.29) is 6.10 Å². The fourth-order valence-corrected chi connectivity index (χ4v) is 1.65. The van der Waals surface area contributed by atoms with Crippen LogP contribution in [-0.2, 0) is 4.74 Å². The predicted molar refractivity (Wildman–Crippen MR) is 59.0 cm³/mol. The highest BCUT2D eigenvalue weighted by atomic mass is 35.5. The summed E-state index contributed by atoms with van der Waals surface area (Å²) in [6.45, 7) is 1.16. The Hall–Kier alpha value is -0.710. The molecule has 1 aromatic heterocycles. The van der Waals surface area contributed by atoms with E-state index in [0.29, 0.717) is 35.0 Å². The van der Waals surface area contributed by atoms with Gasteiger partial charge in [-0.1, -0.05) is 23.2 Å². The van der Waals surface area contributed by atoms with Crippen molar-refractivity contribution < 1.29 is 9.47 Å². The minimum Gasteiger partial charge on any atom is -0.468 e. The van der Waals surface area contributed by atoms with Crippen LogP contribution in [-0.4, -0.2) is 31.3 Å². The van der Waals surface area contributed by atoms with Gasteiger partial charge in [0.2, 0.25) is 5.88 Å². The molecule has 0 atom stereocenters. The molecule has 0 unspecified atom stereocenters. The van der Waals surface area contributed by atoms with E-state index >= 15 is 0 Å². The second kappa shape index (κ2) is 4.43. The second-order valence-electron chi connectivity index (χ2n) is 3.13. The average molecular weight is 249 g/mol. The zero-order valence-electron chi connectivity index (χ0n) is 8.09. The van der Waals surface area contributed by atoms with Crippen LogP contribution in [0.2, 0.25) is 10.0 Å². The van der Waals surface area contributed by atoms with Gasteiger partial charge in [-0.3, -0.25) is 0 Å².